The Hall–Kier alpha value is -2.47. The molecule has 0 aromatic carbocycles. The third-order valence-corrected chi connectivity index (χ3v) is 4.68. The van der Waals surface area contributed by atoms with Gasteiger partial charge in [-0.1, -0.05) is 6.07 Å². The molecule has 0 radical (unpaired) electrons. The van der Waals surface area contributed by atoms with Gasteiger partial charge in [-0.2, -0.15) is 0 Å². The molecule has 24 heavy (non-hydrogen) atoms. The molecule has 1 N–H and O–H groups in total. The molecule has 1 saturated heterocycles. The molecule has 2 atom stereocenters. The summed E-state index contributed by atoms with van der Waals surface area (Å²) in [4.78, 5) is 30.8. The lowest BCUT2D eigenvalue weighted by molar-refractivity contribution is 0.0762. The number of nitrogens with zero attached hydrogens (tertiary/aromatic N) is 3. The molecule has 6 heteroatoms. The summed E-state index contributed by atoms with van der Waals surface area (Å²) in [5.41, 5.74) is 1.53. The third kappa shape index (κ3) is 3.10. The second-order valence-corrected chi connectivity index (χ2v) is 6.32. The highest BCUT2D eigenvalue weighted by Gasteiger charge is 2.35. The molecule has 3 rings (SSSR count). The normalized spacial score (nSPS) is 20.4. The van der Waals surface area contributed by atoms with E-state index in [4.69, 9.17) is 0 Å². The van der Waals surface area contributed by atoms with E-state index in [1.807, 2.05) is 25.1 Å². The van der Waals surface area contributed by atoms with Gasteiger partial charge < -0.3 is 14.6 Å². The zero-order chi connectivity index (χ0) is 17.3. The lowest BCUT2D eigenvalue weighted by Gasteiger charge is -2.16. The van der Waals surface area contributed by atoms with Crippen LogP contribution in [-0.4, -0.2) is 44.7 Å². The van der Waals surface area contributed by atoms with Gasteiger partial charge in [0.25, 0.3) is 11.5 Å². The number of β-amino-alcohol motifs (C(OH)–C–C–N with tert-alkyl or cyclic N) is 1. The maximum atomic E-state index is 12.7. The van der Waals surface area contributed by atoms with E-state index in [-0.39, 0.29) is 29.5 Å². The fraction of sp³-hybridized carbons (Fsp3) is 0.389. The first kappa shape index (κ1) is 16.4. The number of carbonyl (C=O) groups is 1. The standard InChI is InChI=1S/C18H21N3O3/c1-12-6-7-15(17(23)20(12)2)18(24)21-10-13(16(22)11-21)9-14-5-3-4-8-19-14/h3-8,13,16,22H,9-11H2,1-2H3/t13-,16-/m1/s1. The van der Waals surface area contributed by atoms with Gasteiger partial charge in [-0.15, -0.1) is 0 Å². The highest BCUT2D eigenvalue weighted by Crippen LogP contribution is 2.22. The molecular weight excluding hydrogens is 306 g/mol. The Kier molecular flexibility index (Phi) is 4.49. The van der Waals surface area contributed by atoms with Gasteiger partial charge >= 0.3 is 0 Å². The first-order chi connectivity index (χ1) is 11.5. The Morgan fingerprint density at radius 2 is 2.08 bits per heavy atom. The quantitative estimate of drug-likeness (QED) is 0.903. The van der Waals surface area contributed by atoms with Crippen molar-refractivity contribution in [3.63, 3.8) is 0 Å². The molecule has 0 unspecified atom stereocenters. The predicted octanol–water partition coefficient (Wildman–Crippen LogP) is 0.764. The average Bonchev–Trinajstić information content (AvgIpc) is 2.94. The molecule has 1 aliphatic heterocycles. The molecule has 3 heterocycles. The van der Waals surface area contributed by atoms with Crippen molar-refractivity contribution in [3.8, 4) is 0 Å². The predicted molar refractivity (Wildman–Crippen MR) is 89.8 cm³/mol. The molecule has 6 nitrogen and oxygen atoms in total. The van der Waals surface area contributed by atoms with Crippen LogP contribution in [0.2, 0.25) is 0 Å². The van der Waals surface area contributed by atoms with Gasteiger partial charge in [0.05, 0.1) is 6.10 Å². The van der Waals surface area contributed by atoms with E-state index in [1.165, 1.54) is 4.57 Å². The summed E-state index contributed by atoms with van der Waals surface area (Å²) in [7, 11) is 1.65. The first-order valence-corrected chi connectivity index (χ1v) is 8.01. The maximum absolute atomic E-state index is 12.7. The lowest BCUT2D eigenvalue weighted by atomic mass is 10.00. The van der Waals surface area contributed by atoms with Crippen molar-refractivity contribution in [1.82, 2.24) is 14.5 Å². The van der Waals surface area contributed by atoms with Gasteiger partial charge in [0.15, 0.2) is 0 Å². The Labute approximate surface area is 140 Å². The van der Waals surface area contributed by atoms with Crippen LogP contribution in [-0.2, 0) is 13.5 Å². The number of rotatable bonds is 3. The molecule has 0 saturated carbocycles. The smallest absolute Gasteiger partial charge is 0.263 e. The van der Waals surface area contributed by atoms with Crippen LogP contribution in [0.5, 0.6) is 0 Å². The SMILES string of the molecule is Cc1ccc(C(=O)N2C[C@@H](Cc3ccccn3)[C@H](O)C2)c(=O)n1C. The Bertz CT molecular complexity index is 801. The van der Waals surface area contributed by atoms with Crippen molar-refractivity contribution in [2.45, 2.75) is 19.4 Å². The van der Waals surface area contributed by atoms with E-state index < -0.39 is 6.10 Å². The van der Waals surface area contributed by atoms with Crippen molar-refractivity contribution in [1.29, 1.82) is 0 Å². The van der Waals surface area contributed by atoms with Crippen LogP contribution >= 0.6 is 0 Å². The van der Waals surface area contributed by atoms with Crippen molar-refractivity contribution >= 4 is 5.91 Å². The van der Waals surface area contributed by atoms with Gasteiger partial charge in [-0.3, -0.25) is 14.6 Å². The molecular formula is C18H21N3O3. The van der Waals surface area contributed by atoms with Gasteiger partial charge in [-0.25, -0.2) is 0 Å². The van der Waals surface area contributed by atoms with Crippen molar-refractivity contribution in [2.75, 3.05) is 13.1 Å². The Balaban J connectivity index is 1.76. The highest BCUT2D eigenvalue weighted by atomic mass is 16.3. The summed E-state index contributed by atoms with van der Waals surface area (Å²) >= 11 is 0. The molecule has 1 amide bonds. The van der Waals surface area contributed by atoms with Crippen LogP contribution < -0.4 is 5.56 Å². The molecule has 0 aliphatic carbocycles. The monoisotopic (exact) mass is 327 g/mol. The van der Waals surface area contributed by atoms with Crippen LogP contribution in [0, 0.1) is 12.8 Å². The molecule has 1 fully saturated rings. The highest BCUT2D eigenvalue weighted by molar-refractivity contribution is 5.94. The summed E-state index contributed by atoms with van der Waals surface area (Å²) in [6.07, 6.45) is 1.72. The number of aromatic nitrogens is 2. The minimum Gasteiger partial charge on any atom is -0.391 e. The number of hydrogen-bond acceptors (Lipinski definition) is 4. The van der Waals surface area contributed by atoms with Gasteiger partial charge in [0.2, 0.25) is 0 Å². The number of aliphatic hydroxyl groups is 1. The van der Waals surface area contributed by atoms with Crippen LogP contribution in [0.25, 0.3) is 0 Å². The molecule has 126 valence electrons. The average molecular weight is 327 g/mol. The lowest BCUT2D eigenvalue weighted by Crippen LogP contribution is -2.35. The Morgan fingerprint density at radius 1 is 1.29 bits per heavy atom. The molecule has 2 aromatic heterocycles. The summed E-state index contributed by atoms with van der Waals surface area (Å²) in [6, 6.07) is 8.98. The number of pyridine rings is 2. The topological polar surface area (TPSA) is 75.4 Å². The number of hydrogen-bond donors (Lipinski definition) is 1. The van der Waals surface area contributed by atoms with E-state index in [1.54, 1.807) is 30.3 Å². The second-order valence-electron chi connectivity index (χ2n) is 6.32. The number of carbonyl (C=O) groups excluding carboxylic acids is 1. The van der Waals surface area contributed by atoms with E-state index in [0.29, 0.717) is 13.0 Å². The third-order valence-electron chi connectivity index (χ3n) is 4.68. The molecule has 1 aliphatic rings. The van der Waals surface area contributed by atoms with E-state index in [2.05, 4.69) is 4.98 Å². The van der Waals surface area contributed by atoms with Gasteiger partial charge in [-0.05, 0) is 37.6 Å². The molecule has 0 bridgehead atoms. The van der Waals surface area contributed by atoms with E-state index in [9.17, 15) is 14.7 Å². The number of aryl methyl sites for hydroxylation is 1. The summed E-state index contributed by atoms with van der Waals surface area (Å²) in [5.74, 6) is -0.392. The summed E-state index contributed by atoms with van der Waals surface area (Å²) in [5, 5.41) is 10.3. The number of aliphatic hydroxyl groups excluding tert-OH is 1. The van der Waals surface area contributed by atoms with Crippen molar-refractivity contribution in [3.05, 3.63) is 63.8 Å². The van der Waals surface area contributed by atoms with Crippen LogP contribution in [0.1, 0.15) is 21.7 Å². The minimum atomic E-state index is -0.606. The minimum absolute atomic E-state index is 0.0712. The zero-order valence-electron chi connectivity index (χ0n) is 13.8. The van der Waals surface area contributed by atoms with Crippen LogP contribution in [0.4, 0.5) is 0 Å². The molecule has 0 spiro atoms. The van der Waals surface area contributed by atoms with Gasteiger partial charge in [0.1, 0.15) is 5.56 Å². The second kappa shape index (κ2) is 6.57. The van der Waals surface area contributed by atoms with Crippen molar-refractivity contribution < 1.29 is 9.90 Å². The van der Waals surface area contributed by atoms with Crippen LogP contribution in [0.15, 0.2) is 41.3 Å². The zero-order valence-corrected chi connectivity index (χ0v) is 13.8. The number of likely N-dealkylation sites (tertiary alicyclic amines) is 1. The maximum Gasteiger partial charge on any atom is 0.263 e. The van der Waals surface area contributed by atoms with Crippen molar-refractivity contribution in [2.24, 2.45) is 13.0 Å². The van der Waals surface area contributed by atoms with E-state index in [0.717, 1.165) is 11.4 Å². The Morgan fingerprint density at radius 3 is 2.79 bits per heavy atom. The molecule has 2 aromatic rings. The van der Waals surface area contributed by atoms with E-state index >= 15 is 0 Å². The first-order valence-electron chi connectivity index (χ1n) is 8.01. The van der Waals surface area contributed by atoms with Crippen LogP contribution in [0.3, 0.4) is 0 Å². The summed E-state index contributed by atoms with van der Waals surface area (Å²) in [6.45, 7) is 2.49. The number of amides is 1. The summed E-state index contributed by atoms with van der Waals surface area (Å²) < 4.78 is 1.46. The fourth-order valence-corrected chi connectivity index (χ4v) is 3.07. The fourth-order valence-electron chi connectivity index (χ4n) is 3.07. The largest absolute Gasteiger partial charge is 0.391 e. The van der Waals surface area contributed by atoms with Gasteiger partial charge in [0, 0.05) is 43.6 Å².